The third-order valence-corrected chi connectivity index (χ3v) is 5.97. The van der Waals surface area contributed by atoms with Gasteiger partial charge in [-0.15, -0.1) is 0 Å². The molecule has 144 valence electrons. The molecule has 28 heavy (non-hydrogen) atoms. The first kappa shape index (κ1) is 18.6. The van der Waals surface area contributed by atoms with Crippen molar-refractivity contribution in [3.05, 3.63) is 65.6 Å². The number of aryl methyl sites for hydroxylation is 1. The van der Waals surface area contributed by atoms with E-state index in [0.717, 1.165) is 16.7 Å². The van der Waals surface area contributed by atoms with Crippen LogP contribution in [0, 0.1) is 5.82 Å². The number of anilines is 1. The molecule has 7 heteroatoms. The van der Waals surface area contributed by atoms with Crippen LogP contribution in [0.25, 0.3) is 10.9 Å². The predicted molar refractivity (Wildman–Crippen MR) is 113 cm³/mol. The molecule has 5 nitrogen and oxygen atoms in total. The SMILES string of the molecule is Cn1ccc2c(C(=O)Nc3ccc(F)c(C4(C)CCSC(N)=N4)c3)cccc21. The van der Waals surface area contributed by atoms with Crippen LogP contribution in [0.2, 0.25) is 0 Å². The molecule has 0 radical (unpaired) electrons. The van der Waals surface area contributed by atoms with E-state index in [0.29, 0.717) is 28.4 Å². The van der Waals surface area contributed by atoms with E-state index in [1.54, 1.807) is 18.2 Å². The summed E-state index contributed by atoms with van der Waals surface area (Å²) in [5.74, 6) is 0.188. The average Bonchev–Trinajstić information content (AvgIpc) is 3.04. The molecule has 2 heterocycles. The topological polar surface area (TPSA) is 72.4 Å². The Morgan fingerprint density at radius 2 is 2.14 bits per heavy atom. The van der Waals surface area contributed by atoms with Crippen molar-refractivity contribution in [1.29, 1.82) is 0 Å². The number of hydrogen-bond acceptors (Lipinski definition) is 4. The van der Waals surface area contributed by atoms with Crippen molar-refractivity contribution in [3.8, 4) is 0 Å². The lowest BCUT2D eigenvalue weighted by atomic mass is 9.89. The second-order valence-corrected chi connectivity index (χ2v) is 8.25. The highest BCUT2D eigenvalue weighted by atomic mass is 32.2. The lowest BCUT2D eigenvalue weighted by Crippen LogP contribution is -2.29. The minimum atomic E-state index is -0.737. The number of halogens is 1. The average molecular weight is 396 g/mol. The second kappa shape index (κ2) is 6.98. The first-order valence-electron chi connectivity index (χ1n) is 9.01. The first-order chi connectivity index (χ1) is 13.4. The van der Waals surface area contributed by atoms with Crippen LogP contribution >= 0.6 is 11.8 Å². The van der Waals surface area contributed by atoms with E-state index < -0.39 is 5.54 Å². The smallest absolute Gasteiger partial charge is 0.256 e. The van der Waals surface area contributed by atoms with Crippen molar-refractivity contribution in [2.24, 2.45) is 17.8 Å². The summed E-state index contributed by atoms with van der Waals surface area (Å²) in [6.45, 7) is 1.87. The molecular weight excluding hydrogens is 375 g/mol. The van der Waals surface area contributed by atoms with E-state index in [9.17, 15) is 9.18 Å². The fourth-order valence-electron chi connectivity index (χ4n) is 3.60. The van der Waals surface area contributed by atoms with Crippen LogP contribution in [0.15, 0.2) is 53.7 Å². The van der Waals surface area contributed by atoms with Gasteiger partial charge in [0.15, 0.2) is 5.17 Å². The van der Waals surface area contributed by atoms with E-state index >= 15 is 0 Å². The summed E-state index contributed by atoms with van der Waals surface area (Å²) >= 11 is 1.47. The highest BCUT2D eigenvalue weighted by molar-refractivity contribution is 8.13. The van der Waals surface area contributed by atoms with E-state index in [1.165, 1.54) is 17.8 Å². The van der Waals surface area contributed by atoms with Gasteiger partial charge in [-0.1, -0.05) is 17.8 Å². The minimum Gasteiger partial charge on any atom is -0.379 e. The molecule has 0 saturated carbocycles. The lowest BCUT2D eigenvalue weighted by Gasteiger charge is -2.30. The molecule has 1 aliphatic heterocycles. The van der Waals surface area contributed by atoms with Crippen LogP contribution in [0.3, 0.4) is 0 Å². The number of aliphatic imine (C=N–C) groups is 1. The van der Waals surface area contributed by atoms with Crippen molar-refractivity contribution < 1.29 is 9.18 Å². The number of hydrogen-bond donors (Lipinski definition) is 2. The Morgan fingerprint density at radius 1 is 1.32 bits per heavy atom. The summed E-state index contributed by atoms with van der Waals surface area (Å²) in [6, 6.07) is 12.1. The van der Waals surface area contributed by atoms with Crippen molar-refractivity contribution in [2.75, 3.05) is 11.1 Å². The van der Waals surface area contributed by atoms with Crippen LogP contribution in [-0.2, 0) is 12.6 Å². The number of fused-ring (bicyclic) bond motifs is 1. The number of carbonyl (C=O) groups excluding carboxylic acids is 1. The molecule has 1 aliphatic rings. The van der Waals surface area contributed by atoms with E-state index in [4.69, 9.17) is 5.73 Å². The quantitative estimate of drug-likeness (QED) is 0.696. The molecule has 0 aliphatic carbocycles. The number of amidine groups is 1. The third-order valence-electron chi connectivity index (χ3n) is 5.17. The molecule has 2 aromatic carbocycles. The molecule has 0 bridgehead atoms. The number of rotatable bonds is 3. The second-order valence-electron chi connectivity index (χ2n) is 7.14. The van der Waals surface area contributed by atoms with Crippen LogP contribution in [0.4, 0.5) is 10.1 Å². The van der Waals surface area contributed by atoms with Gasteiger partial charge in [-0.2, -0.15) is 0 Å². The van der Waals surface area contributed by atoms with Crippen molar-refractivity contribution in [1.82, 2.24) is 4.57 Å². The van der Waals surface area contributed by atoms with Gasteiger partial charge in [0.25, 0.3) is 5.91 Å². The van der Waals surface area contributed by atoms with E-state index in [1.807, 2.05) is 42.9 Å². The molecule has 0 spiro atoms. The fraction of sp³-hybridized carbons (Fsp3) is 0.238. The summed E-state index contributed by atoms with van der Waals surface area (Å²) in [4.78, 5) is 17.3. The molecule has 3 N–H and O–H groups in total. The van der Waals surface area contributed by atoms with Crippen LogP contribution in [0.1, 0.15) is 29.3 Å². The zero-order chi connectivity index (χ0) is 19.9. The molecule has 1 aromatic heterocycles. The fourth-order valence-corrected chi connectivity index (χ4v) is 4.57. The number of nitrogens with one attached hydrogen (secondary N) is 1. The first-order valence-corrected chi connectivity index (χ1v) is 9.99. The van der Waals surface area contributed by atoms with E-state index in [2.05, 4.69) is 10.3 Å². The largest absolute Gasteiger partial charge is 0.379 e. The van der Waals surface area contributed by atoms with Gasteiger partial charge >= 0.3 is 0 Å². The number of carbonyl (C=O) groups is 1. The Hall–Kier alpha value is -2.80. The van der Waals surface area contributed by atoms with Gasteiger partial charge in [0.1, 0.15) is 5.82 Å². The Balaban J connectivity index is 1.67. The highest BCUT2D eigenvalue weighted by Crippen LogP contribution is 2.37. The maximum Gasteiger partial charge on any atom is 0.256 e. The standard InChI is InChI=1S/C21H21FN4OS/c1-21(9-11-28-20(23)25-21)16-12-13(6-7-17(16)22)24-19(27)15-4-3-5-18-14(15)8-10-26(18)2/h3-8,10,12H,9,11H2,1-2H3,(H2,23,25)(H,24,27). The number of benzene rings is 2. The molecule has 3 aromatic rings. The summed E-state index contributed by atoms with van der Waals surface area (Å²) in [7, 11) is 1.94. The molecular formula is C21H21FN4OS. The molecule has 0 saturated heterocycles. The van der Waals surface area contributed by atoms with Gasteiger partial charge in [-0.3, -0.25) is 9.79 Å². The summed E-state index contributed by atoms with van der Waals surface area (Å²) in [5, 5.41) is 4.23. The lowest BCUT2D eigenvalue weighted by molar-refractivity contribution is 0.102. The van der Waals surface area contributed by atoms with Gasteiger partial charge in [0.05, 0.1) is 5.54 Å². The number of nitrogens with two attached hydrogens (primary N) is 1. The van der Waals surface area contributed by atoms with Gasteiger partial charge in [0.2, 0.25) is 0 Å². The van der Waals surface area contributed by atoms with Crippen LogP contribution in [-0.4, -0.2) is 21.4 Å². The molecule has 0 fully saturated rings. The van der Waals surface area contributed by atoms with Gasteiger partial charge in [-0.05, 0) is 49.7 Å². The highest BCUT2D eigenvalue weighted by Gasteiger charge is 2.32. The van der Waals surface area contributed by atoms with Crippen molar-refractivity contribution >= 4 is 39.4 Å². The Morgan fingerprint density at radius 3 is 2.93 bits per heavy atom. The van der Waals surface area contributed by atoms with Gasteiger partial charge in [-0.25, -0.2) is 4.39 Å². The van der Waals surface area contributed by atoms with E-state index in [-0.39, 0.29) is 11.7 Å². The Labute approximate surface area is 166 Å². The maximum atomic E-state index is 14.6. The van der Waals surface area contributed by atoms with Crippen molar-refractivity contribution in [2.45, 2.75) is 18.9 Å². The van der Waals surface area contributed by atoms with Crippen molar-refractivity contribution in [3.63, 3.8) is 0 Å². The summed E-state index contributed by atoms with van der Waals surface area (Å²) in [5.41, 5.74) is 7.65. The minimum absolute atomic E-state index is 0.235. The molecule has 1 atom stereocenters. The Kier molecular flexibility index (Phi) is 4.63. The molecule has 4 rings (SSSR count). The van der Waals surface area contributed by atoms with Crippen LogP contribution < -0.4 is 11.1 Å². The maximum absolute atomic E-state index is 14.6. The number of thioether (sulfide) groups is 1. The number of amides is 1. The monoisotopic (exact) mass is 396 g/mol. The summed E-state index contributed by atoms with van der Waals surface area (Å²) in [6.07, 6.45) is 2.60. The summed E-state index contributed by atoms with van der Waals surface area (Å²) < 4.78 is 16.5. The third kappa shape index (κ3) is 3.26. The molecule has 1 amide bonds. The Bertz CT molecular complexity index is 1110. The normalized spacial score (nSPS) is 19.5. The van der Waals surface area contributed by atoms with Gasteiger partial charge < -0.3 is 15.6 Å². The zero-order valence-corrected chi connectivity index (χ0v) is 16.5. The number of aromatic nitrogens is 1. The van der Waals surface area contributed by atoms with Crippen LogP contribution in [0.5, 0.6) is 0 Å². The zero-order valence-electron chi connectivity index (χ0n) is 15.7. The number of nitrogens with zero attached hydrogens (tertiary/aromatic N) is 2. The molecule has 1 unspecified atom stereocenters. The van der Waals surface area contributed by atoms with Gasteiger partial charge in [0, 0.05) is 46.7 Å². The predicted octanol–water partition coefficient (Wildman–Crippen LogP) is 4.24.